The lowest BCUT2D eigenvalue weighted by Gasteiger charge is -2.28. The van der Waals surface area contributed by atoms with Gasteiger partial charge in [-0.25, -0.2) is 18.7 Å². The molecule has 23 heavy (non-hydrogen) atoms. The van der Waals surface area contributed by atoms with Crippen molar-refractivity contribution < 1.29 is 22.0 Å². The lowest BCUT2D eigenvalue weighted by Crippen LogP contribution is -2.32. The van der Waals surface area contributed by atoms with Crippen LogP contribution in [0.4, 0.5) is 22.0 Å². The Morgan fingerprint density at radius 1 is 1.17 bits per heavy atom. The second-order valence-electron chi connectivity index (χ2n) is 5.36. The van der Waals surface area contributed by atoms with Gasteiger partial charge in [0.2, 0.25) is 5.82 Å². The number of benzene rings is 1. The minimum atomic E-state index is -4.57. The minimum absolute atomic E-state index is 0.243. The highest BCUT2D eigenvalue weighted by Gasteiger charge is 2.35. The minimum Gasteiger partial charge on any atom is -0.294 e. The smallest absolute Gasteiger partial charge is 0.294 e. The van der Waals surface area contributed by atoms with Crippen LogP contribution in [0.15, 0.2) is 24.4 Å². The van der Waals surface area contributed by atoms with Crippen LogP contribution in [-0.2, 0) is 25.7 Å². The maximum atomic E-state index is 13.7. The highest BCUT2D eigenvalue weighted by molar-refractivity contribution is 5.23. The number of rotatable bonds is 2. The number of fused-ring (bicyclic) bond motifs is 1. The molecule has 0 amide bonds. The van der Waals surface area contributed by atoms with Crippen molar-refractivity contribution in [3.05, 3.63) is 58.7 Å². The summed E-state index contributed by atoms with van der Waals surface area (Å²) in [6, 6.07) is 3.35. The van der Waals surface area contributed by atoms with Crippen molar-refractivity contribution in [2.45, 2.75) is 25.7 Å². The van der Waals surface area contributed by atoms with E-state index in [1.807, 2.05) is 4.90 Å². The van der Waals surface area contributed by atoms with Crippen molar-refractivity contribution in [3.8, 4) is 0 Å². The van der Waals surface area contributed by atoms with E-state index in [4.69, 9.17) is 0 Å². The van der Waals surface area contributed by atoms with Gasteiger partial charge in [0, 0.05) is 49.4 Å². The molecule has 1 aromatic heterocycles. The average Bonchev–Trinajstić information content (AvgIpc) is 2.48. The molecule has 0 saturated carbocycles. The Balaban J connectivity index is 1.75. The Morgan fingerprint density at radius 2 is 1.96 bits per heavy atom. The standard InChI is InChI=1S/C15H12F5N3/c16-11-2-1-9(12(17)5-11)7-23-4-3-13-10(8-23)6-21-14(22-13)15(18,19)20/h1-2,5-6H,3-4,7-8H2. The quantitative estimate of drug-likeness (QED) is 0.792. The van der Waals surface area contributed by atoms with Crippen LogP contribution in [-0.4, -0.2) is 21.4 Å². The highest BCUT2D eigenvalue weighted by atomic mass is 19.4. The van der Waals surface area contributed by atoms with Gasteiger partial charge in [0.1, 0.15) is 11.6 Å². The fraction of sp³-hybridized carbons (Fsp3) is 0.333. The van der Waals surface area contributed by atoms with E-state index in [1.54, 1.807) is 0 Å². The fourth-order valence-corrected chi connectivity index (χ4v) is 2.54. The van der Waals surface area contributed by atoms with Crippen molar-refractivity contribution in [1.82, 2.24) is 14.9 Å². The molecule has 0 radical (unpaired) electrons. The Morgan fingerprint density at radius 3 is 2.65 bits per heavy atom. The monoisotopic (exact) mass is 329 g/mol. The molecule has 3 rings (SSSR count). The fourth-order valence-electron chi connectivity index (χ4n) is 2.54. The van der Waals surface area contributed by atoms with Gasteiger partial charge in [0.25, 0.3) is 0 Å². The maximum absolute atomic E-state index is 13.7. The Hall–Kier alpha value is -2.09. The van der Waals surface area contributed by atoms with Gasteiger partial charge in [-0.05, 0) is 6.07 Å². The molecule has 2 heterocycles. The molecule has 2 aromatic rings. The summed E-state index contributed by atoms with van der Waals surface area (Å²) in [7, 11) is 0. The van der Waals surface area contributed by atoms with E-state index in [2.05, 4.69) is 9.97 Å². The normalized spacial score (nSPS) is 15.5. The summed E-state index contributed by atoms with van der Waals surface area (Å²) in [5, 5.41) is 0. The summed E-state index contributed by atoms with van der Waals surface area (Å²) in [6.45, 7) is 1.01. The van der Waals surface area contributed by atoms with Crippen molar-refractivity contribution in [3.63, 3.8) is 0 Å². The Kier molecular flexibility index (Phi) is 4.01. The number of aromatic nitrogens is 2. The summed E-state index contributed by atoms with van der Waals surface area (Å²) < 4.78 is 64.3. The van der Waals surface area contributed by atoms with Crippen molar-refractivity contribution in [2.75, 3.05) is 6.54 Å². The lowest BCUT2D eigenvalue weighted by molar-refractivity contribution is -0.145. The molecule has 0 atom stereocenters. The molecule has 0 fully saturated rings. The third-order valence-corrected chi connectivity index (χ3v) is 3.68. The first-order valence-electron chi connectivity index (χ1n) is 6.91. The zero-order chi connectivity index (χ0) is 16.6. The predicted octanol–water partition coefficient (Wildman–Crippen LogP) is 3.33. The first kappa shape index (κ1) is 15.8. The summed E-state index contributed by atoms with van der Waals surface area (Å²) in [5.74, 6) is -2.43. The van der Waals surface area contributed by atoms with Crippen LogP contribution in [0.2, 0.25) is 0 Å². The summed E-state index contributed by atoms with van der Waals surface area (Å²) in [5.41, 5.74) is 1.29. The molecular formula is C15H12F5N3. The second kappa shape index (κ2) is 5.84. The zero-order valence-corrected chi connectivity index (χ0v) is 11.9. The largest absolute Gasteiger partial charge is 0.451 e. The van der Waals surface area contributed by atoms with Crippen LogP contribution in [0.1, 0.15) is 22.6 Å². The molecule has 3 nitrogen and oxygen atoms in total. The van der Waals surface area contributed by atoms with Crippen LogP contribution < -0.4 is 0 Å². The number of alkyl halides is 3. The molecule has 0 spiro atoms. The van der Waals surface area contributed by atoms with Crippen LogP contribution in [0.3, 0.4) is 0 Å². The first-order chi connectivity index (χ1) is 10.8. The molecule has 0 saturated heterocycles. The molecule has 8 heteroatoms. The topological polar surface area (TPSA) is 29.0 Å². The molecule has 0 unspecified atom stereocenters. The van der Waals surface area contributed by atoms with E-state index in [-0.39, 0.29) is 6.54 Å². The van der Waals surface area contributed by atoms with Gasteiger partial charge in [0.05, 0.1) is 5.69 Å². The summed E-state index contributed by atoms with van der Waals surface area (Å²) in [6.07, 6.45) is -3.08. The number of nitrogens with zero attached hydrogens (tertiary/aromatic N) is 3. The molecule has 1 aliphatic heterocycles. The van der Waals surface area contributed by atoms with E-state index in [0.717, 1.165) is 6.07 Å². The van der Waals surface area contributed by atoms with E-state index < -0.39 is 23.6 Å². The third kappa shape index (κ3) is 3.47. The summed E-state index contributed by atoms with van der Waals surface area (Å²) in [4.78, 5) is 8.77. The molecule has 0 N–H and O–H groups in total. The van der Waals surface area contributed by atoms with Gasteiger partial charge in [-0.1, -0.05) is 6.07 Å². The number of hydrogen-bond donors (Lipinski definition) is 0. The number of hydrogen-bond acceptors (Lipinski definition) is 3. The van der Waals surface area contributed by atoms with Gasteiger partial charge in [0.15, 0.2) is 0 Å². The van der Waals surface area contributed by atoms with Crippen LogP contribution in [0, 0.1) is 11.6 Å². The lowest BCUT2D eigenvalue weighted by atomic mass is 10.1. The molecule has 1 aromatic carbocycles. The highest BCUT2D eigenvalue weighted by Crippen LogP contribution is 2.28. The predicted molar refractivity (Wildman–Crippen MR) is 71.2 cm³/mol. The van der Waals surface area contributed by atoms with Gasteiger partial charge in [-0.3, -0.25) is 4.90 Å². The molecule has 0 aliphatic carbocycles. The zero-order valence-electron chi connectivity index (χ0n) is 11.9. The van der Waals surface area contributed by atoms with Crippen molar-refractivity contribution in [1.29, 1.82) is 0 Å². The van der Waals surface area contributed by atoms with Crippen LogP contribution in [0.25, 0.3) is 0 Å². The molecule has 1 aliphatic rings. The summed E-state index contributed by atoms with van der Waals surface area (Å²) >= 11 is 0. The molecule has 0 bridgehead atoms. The number of halogens is 5. The molecule has 122 valence electrons. The van der Waals surface area contributed by atoms with E-state index in [0.29, 0.717) is 36.3 Å². The SMILES string of the molecule is Fc1ccc(CN2CCc3nc(C(F)(F)F)ncc3C2)c(F)c1. The van der Waals surface area contributed by atoms with E-state index >= 15 is 0 Å². The van der Waals surface area contributed by atoms with Gasteiger partial charge >= 0.3 is 6.18 Å². The van der Waals surface area contributed by atoms with Gasteiger partial charge in [-0.15, -0.1) is 0 Å². The van der Waals surface area contributed by atoms with Crippen molar-refractivity contribution >= 4 is 0 Å². The van der Waals surface area contributed by atoms with Gasteiger partial charge < -0.3 is 0 Å². The van der Waals surface area contributed by atoms with Gasteiger partial charge in [-0.2, -0.15) is 13.2 Å². The first-order valence-corrected chi connectivity index (χ1v) is 6.91. The Labute approximate surface area is 128 Å². The average molecular weight is 329 g/mol. The van der Waals surface area contributed by atoms with Crippen LogP contribution in [0.5, 0.6) is 0 Å². The Bertz CT molecular complexity index is 730. The van der Waals surface area contributed by atoms with Crippen LogP contribution >= 0.6 is 0 Å². The van der Waals surface area contributed by atoms with E-state index in [1.165, 1.54) is 18.3 Å². The second-order valence-corrected chi connectivity index (χ2v) is 5.36. The van der Waals surface area contributed by atoms with E-state index in [9.17, 15) is 22.0 Å². The third-order valence-electron chi connectivity index (χ3n) is 3.68. The maximum Gasteiger partial charge on any atom is 0.451 e. The molecular weight excluding hydrogens is 317 g/mol. The van der Waals surface area contributed by atoms with Crippen molar-refractivity contribution in [2.24, 2.45) is 0 Å².